The number of carboxylic acid groups (broad SMARTS) is 1. The highest BCUT2D eigenvalue weighted by Gasteiger charge is 2.19. The average Bonchev–Trinajstić information content (AvgIpc) is 2.46. The van der Waals surface area contributed by atoms with Crippen molar-refractivity contribution in [1.82, 2.24) is 0 Å². The normalized spacial score (nSPS) is 10.1. The number of carbonyl (C=O) groups is 3. The van der Waals surface area contributed by atoms with Gasteiger partial charge in [-0.15, -0.1) is 0 Å². The van der Waals surface area contributed by atoms with Crippen molar-refractivity contribution >= 4 is 33.5 Å². The number of rotatable bonds is 5. The highest BCUT2D eigenvalue weighted by Crippen LogP contribution is 2.18. The number of hydrogen-bond donors (Lipinski definition) is 1. The summed E-state index contributed by atoms with van der Waals surface area (Å²) < 4.78 is 0.842. The summed E-state index contributed by atoms with van der Waals surface area (Å²) in [5, 5.41) is 8.71. The zero-order chi connectivity index (χ0) is 15.4. The smallest absolute Gasteiger partial charge is 0.311 e. The van der Waals surface area contributed by atoms with Crippen molar-refractivity contribution in [3.05, 3.63) is 69.7 Å². The second-order valence-electron chi connectivity index (χ2n) is 4.38. The Hall–Kier alpha value is -2.27. The summed E-state index contributed by atoms with van der Waals surface area (Å²) in [5.41, 5.74) is 0.785. The predicted octanol–water partition coefficient (Wildman–Crippen LogP) is 3.34. The van der Waals surface area contributed by atoms with Crippen LogP contribution in [0.15, 0.2) is 53.0 Å². The number of Topliss-reactive ketones (excluding diaryl/α,β-unsaturated/α-hetero) is 1. The van der Waals surface area contributed by atoms with E-state index >= 15 is 0 Å². The number of halogens is 1. The quantitative estimate of drug-likeness (QED) is 0.665. The van der Waals surface area contributed by atoms with E-state index in [9.17, 15) is 14.4 Å². The van der Waals surface area contributed by atoms with Crippen LogP contribution in [0.4, 0.5) is 0 Å². The van der Waals surface area contributed by atoms with Gasteiger partial charge in [-0.3, -0.25) is 14.4 Å². The molecule has 21 heavy (non-hydrogen) atoms. The van der Waals surface area contributed by atoms with Gasteiger partial charge < -0.3 is 5.11 Å². The van der Waals surface area contributed by atoms with Gasteiger partial charge in [0.15, 0.2) is 11.6 Å². The molecule has 0 spiro atoms. The van der Waals surface area contributed by atoms with E-state index in [-0.39, 0.29) is 16.9 Å². The molecule has 5 heteroatoms. The second kappa shape index (κ2) is 6.45. The summed E-state index contributed by atoms with van der Waals surface area (Å²) in [6.45, 7) is 0. The Kier molecular flexibility index (Phi) is 4.65. The lowest BCUT2D eigenvalue weighted by Gasteiger charge is -2.07. The Bertz CT molecular complexity index is 704. The maximum absolute atomic E-state index is 12.5. The van der Waals surface area contributed by atoms with Crippen LogP contribution in [0.1, 0.15) is 32.7 Å². The van der Waals surface area contributed by atoms with Crippen LogP contribution in [-0.4, -0.2) is 22.6 Å². The van der Waals surface area contributed by atoms with Crippen LogP contribution < -0.4 is 0 Å². The van der Waals surface area contributed by atoms with Gasteiger partial charge in [0.1, 0.15) is 6.42 Å². The first-order valence-electron chi connectivity index (χ1n) is 6.13. The van der Waals surface area contributed by atoms with Gasteiger partial charge in [0, 0.05) is 21.2 Å². The first kappa shape index (κ1) is 15.1. The summed E-state index contributed by atoms with van der Waals surface area (Å²) in [6, 6.07) is 13.0. The number of hydrogen-bond acceptors (Lipinski definition) is 3. The highest BCUT2D eigenvalue weighted by molar-refractivity contribution is 9.10. The molecule has 0 heterocycles. The molecule has 0 unspecified atom stereocenters. The van der Waals surface area contributed by atoms with E-state index < -0.39 is 18.2 Å². The third-order valence-electron chi connectivity index (χ3n) is 2.89. The Morgan fingerprint density at radius 2 is 1.48 bits per heavy atom. The molecule has 0 bridgehead atoms. The first-order valence-corrected chi connectivity index (χ1v) is 6.92. The lowest BCUT2D eigenvalue weighted by molar-refractivity contribution is -0.135. The number of carbonyl (C=O) groups excluding carboxylic acids is 2. The molecule has 0 saturated carbocycles. The van der Waals surface area contributed by atoms with Crippen molar-refractivity contribution in [2.45, 2.75) is 6.42 Å². The SMILES string of the molecule is O=C(O)CC(=O)c1ccccc1C(=O)c1ccc(Br)cc1. The van der Waals surface area contributed by atoms with Gasteiger partial charge in [-0.05, 0) is 24.3 Å². The van der Waals surface area contributed by atoms with Gasteiger partial charge in [-0.2, -0.15) is 0 Å². The molecule has 0 radical (unpaired) electrons. The van der Waals surface area contributed by atoms with Gasteiger partial charge in [0.2, 0.25) is 0 Å². The van der Waals surface area contributed by atoms with Crippen molar-refractivity contribution in [2.75, 3.05) is 0 Å². The molecule has 4 nitrogen and oxygen atoms in total. The molecular formula is C16H11BrO4. The van der Waals surface area contributed by atoms with Gasteiger partial charge in [0.25, 0.3) is 0 Å². The summed E-state index contributed by atoms with van der Waals surface area (Å²) in [4.78, 5) is 35.0. The molecule has 2 aromatic rings. The van der Waals surface area contributed by atoms with Crippen LogP contribution in [0, 0.1) is 0 Å². The van der Waals surface area contributed by atoms with E-state index in [0.717, 1.165) is 4.47 Å². The summed E-state index contributed by atoms with van der Waals surface area (Å²) >= 11 is 3.28. The van der Waals surface area contributed by atoms with E-state index in [1.165, 1.54) is 12.1 Å². The third-order valence-corrected chi connectivity index (χ3v) is 3.42. The highest BCUT2D eigenvalue weighted by atomic mass is 79.9. The molecule has 0 amide bonds. The van der Waals surface area contributed by atoms with Crippen molar-refractivity contribution in [2.24, 2.45) is 0 Å². The van der Waals surface area contributed by atoms with E-state index in [1.807, 2.05) is 0 Å². The Labute approximate surface area is 129 Å². The fourth-order valence-electron chi connectivity index (χ4n) is 1.91. The van der Waals surface area contributed by atoms with Crippen molar-refractivity contribution in [3.8, 4) is 0 Å². The Morgan fingerprint density at radius 1 is 0.905 bits per heavy atom. The lowest BCUT2D eigenvalue weighted by Crippen LogP contribution is -2.13. The molecule has 0 fully saturated rings. The zero-order valence-corrected chi connectivity index (χ0v) is 12.5. The number of carboxylic acids is 1. The number of aliphatic carboxylic acids is 1. The van der Waals surface area contributed by atoms with Crippen LogP contribution in [0.3, 0.4) is 0 Å². The minimum atomic E-state index is -1.22. The average molecular weight is 347 g/mol. The standard InChI is InChI=1S/C16H11BrO4/c17-11-7-5-10(6-8-11)16(21)13-4-2-1-3-12(13)14(18)9-15(19)20/h1-8H,9H2,(H,19,20). The molecule has 1 N–H and O–H groups in total. The van der Waals surface area contributed by atoms with Crippen LogP contribution in [0.25, 0.3) is 0 Å². The van der Waals surface area contributed by atoms with Crippen molar-refractivity contribution in [3.63, 3.8) is 0 Å². The third kappa shape index (κ3) is 3.64. The minimum absolute atomic E-state index is 0.132. The molecule has 0 saturated heterocycles. The van der Waals surface area contributed by atoms with Gasteiger partial charge in [-0.25, -0.2) is 0 Å². The molecule has 0 aliphatic carbocycles. The molecule has 0 aromatic heterocycles. The van der Waals surface area contributed by atoms with Gasteiger partial charge >= 0.3 is 5.97 Å². The summed E-state index contributed by atoms with van der Waals surface area (Å²) in [5.74, 6) is -2.11. The molecule has 0 aliphatic heterocycles. The molecule has 2 aromatic carbocycles. The summed E-state index contributed by atoms with van der Waals surface area (Å²) in [7, 11) is 0. The lowest BCUT2D eigenvalue weighted by atomic mass is 9.95. The Balaban J connectivity index is 2.40. The molecular weight excluding hydrogens is 336 g/mol. The molecule has 106 valence electrons. The van der Waals surface area contributed by atoms with Crippen LogP contribution >= 0.6 is 15.9 Å². The maximum atomic E-state index is 12.5. The topological polar surface area (TPSA) is 71.4 Å². The van der Waals surface area contributed by atoms with E-state index in [4.69, 9.17) is 5.11 Å². The van der Waals surface area contributed by atoms with Gasteiger partial charge in [-0.1, -0.05) is 40.2 Å². The zero-order valence-electron chi connectivity index (χ0n) is 10.9. The minimum Gasteiger partial charge on any atom is -0.481 e. The fourth-order valence-corrected chi connectivity index (χ4v) is 2.18. The fraction of sp³-hybridized carbons (Fsp3) is 0.0625. The Morgan fingerprint density at radius 3 is 2.05 bits per heavy atom. The van der Waals surface area contributed by atoms with Crippen molar-refractivity contribution < 1.29 is 19.5 Å². The first-order chi connectivity index (χ1) is 9.99. The largest absolute Gasteiger partial charge is 0.481 e. The van der Waals surface area contributed by atoms with Crippen LogP contribution in [0.2, 0.25) is 0 Å². The molecule has 0 aliphatic rings. The van der Waals surface area contributed by atoms with Crippen LogP contribution in [0.5, 0.6) is 0 Å². The predicted molar refractivity (Wildman–Crippen MR) is 80.6 cm³/mol. The second-order valence-corrected chi connectivity index (χ2v) is 5.29. The molecule has 2 rings (SSSR count). The van der Waals surface area contributed by atoms with Gasteiger partial charge in [0.05, 0.1) is 0 Å². The number of ketones is 2. The summed E-state index contributed by atoms with van der Waals surface area (Å²) in [6.07, 6.45) is -0.634. The number of benzene rings is 2. The van der Waals surface area contributed by atoms with E-state index in [2.05, 4.69) is 15.9 Å². The monoisotopic (exact) mass is 346 g/mol. The van der Waals surface area contributed by atoms with Crippen LogP contribution in [-0.2, 0) is 4.79 Å². The maximum Gasteiger partial charge on any atom is 0.311 e. The van der Waals surface area contributed by atoms with E-state index in [0.29, 0.717) is 5.56 Å². The molecule has 0 atom stereocenters. The van der Waals surface area contributed by atoms with Crippen molar-refractivity contribution in [1.29, 1.82) is 0 Å². The van der Waals surface area contributed by atoms with E-state index in [1.54, 1.807) is 36.4 Å².